The van der Waals surface area contributed by atoms with Gasteiger partial charge in [-0.15, -0.1) is 0 Å². The molecule has 0 bridgehead atoms. The first-order valence-electron chi connectivity index (χ1n) is 13.8. The van der Waals surface area contributed by atoms with Gasteiger partial charge in [0.1, 0.15) is 16.2 Å². The third-order valence-electron chi connectivity index (χ3n) is 7.59. The number of benzene rings is 2. The highest BCUT2D eigenvalue weighted by Crippen LogP contribution is 2.41. The van der Waals surface area contributed by atoms with Crippen LogP contribution in [0.25, 0.3) is 0 Å². The largest absolute Gasteiger partial charge is 0.457 e. The molecule has 1 amide bonds. The van der Waals surface area contributed by atoms with E-state index < -0.39 is 49.2 Å². The zero-order chi connectivity index (χ0) is 29.7. The average Bonchev–Trinajstić information content (AvgIpc) is 3.09. The van der Waals surface area contributed by atoms with Crippen LogP contribution in [0.3, 0.4) is 0 Å². The number of amides is 1. The number of rotatable bonds is 10. The quantitative estimate of drug-likeness (QED) is 0.407. The van der Waals surface area contributed by atoms with Crippen molar-refractivity contribution in [2.45, 2.75) is 56.5 Å². The summed E-state index contributed by atoms with van der Waals surface area (Å²) in [5, 5.41) is 0. The van der Waals surface area contributed by atoms with Crippen LogP contribution in [0.2, 0.25) is 0 Å². The molecule has 2 aliphatic heterocycles. The van der Waals surface area contributed by atoms with Crippen molar-refractivity contribution in [2.75, 3.05) is 39.5 Å². The molecule has 2 aliphatic rings. The van der Waals surface area contributed by atoms with Gasteiger partial charge in [-0.05, 0) is 61.1 Å². The van der Waals surface area contributed by atoms with Crippen molar-refractivity contribution in [1.29, 1.82) is 0 Å². The zero-order valence-electron chi connectivity index (χ0n) is 23.7. The monoisotopic (exact) mass is 609 g/mol. The van der Waals surface area contributed by atoms with E-state index in [2.05, 4.69) is 12.4 Å². The smallest absolute Gasteiger partial charge is 0.281 e. The van der Waals surface area contributed by atoms with Crippen LogP contribution in [0.4, 0.5) is 0 Å². The molecule has 13 heteroatoms. The molecule has 0 spiro atoms. The molecule has 0 saturated carbocycles. The number of hydroxylamine groups is 1. The molecule has 1 N–H and O–H groups in total. The Morgan fingerprint density at radius 1 is 1.07 bits per heavy atom. The van der Waals surface area contributed by atoms with Gasteiger partial charge < -0.3 is 9.47 Å². The van der Waals surface area contributed by atoms with Crippen LogP contribution >= 0.6 is 0 Å². The molecule has 2 aromatic rings. The van der Waals surface area contributed by atoms with Crippen molar-refractivity contribution in [3.8, 4) is 11.5 Å². The molecule has 11 nitrogen and oxygen atoms in total. The first-order chi connectivity index (χ1) is 19.5. The maximum absolute atomic E-state index is 13.9. The van der Waals surface area contributed by atoms with Crippen molar-refractivity contribution < 1.29 is 35.9 Å². The van der Waals surface area contributed by atoms with Gasteiger partial charge in [0.2, 0.25) is 5.91 Å². The Labute approximate surface area is 242 Å². The molecule has 0 aliphatic carbocycles. The molecule has 41 heavy (non-hydrogen) atoms. The van der Waals surface area contributed by atoms with E-state index in [1.165, 1.54) is 19.7 Å². The Morgan fingerprint density at radius 2 is 1.73 bits per heavy atom. The molecule has 2 atom stereocenters. The fourth-order valence-corrected chi connectivity index (χ4v) is 8.38. The fourth-order valence-electron chi connectivity index (χ4n) is 5.06. The Hall–Kier alpha value is -2.55. The van der Waals surface area contributed by atoms with Crippen LogP contribution < -0.4 is 10.2 Å². The third-order valence-corrected chi connectivity index (χ3v) is 12.0. The van der Waals surface area contributed by atoms with Gasteiger partial charge in [-0.25, -0.2) is 18.7 Å². The number of hydrogen-bond acceptors (Lipinski definition) is 8. The fraction of sp³-hybridized carbons (Fsp3) is 0.536. The van der Waals surface area contributed by atoms with Crippen LogP contribution in [0, 0.1) is 0 Å². The molecular formula is C28H39N3O8S2. The average molecular weight is 610 g/mol. The van der Waals surface area contributed by atoms with Gasteiger partial charge in [0.15, 0.2) is 16.1 Å². The molecular weight excluding hydrogens is 570 g/mol. The first kappa shape index (κ1) is 31.4. The second-order valence-electron chi connectivity index (χ2n) is 10.5. The second-order valence-corrected chi connectivity index (χ2v) is 15.1. The van der Waals surface area contributed by atoms with E-state index in [-0.39, 0.29) is 19.5 Å². The Bertz CT molecular complexity index is 1390. The predicted molar refractivity (Wildman–Crippen MR) is 154 cm³/mol. The summed E-state index contributed by atoms with van der Waals surface area (Å²) >= 11 is 0. The summed E-state index contributed by atoms with van der Waals surface area (Å²) in [6, 6.07) is 14.2. The lowest BCUT2D eigenvalue weighted by Crippen LogP contribution is -2.43. The van der Waals surface area contributed by atoms with E-state index >= 15 is 0 Å². The number of ether oxygens (including phenoxy) is 2. The van der Waals surface area contributed by atoms with E-state index in [4.69, 9.17) is 14.3 Å². The van der Waals surface area contributed by atoms with E-state index in [9.17, 15) is 21.6 Å². The lowest BCUT2D eigenvalue weighted by atomic mass is 9.90. The Morgan fingerprint density at radius 3 is 2.32 bits per heavy atom. The highest BCUT2D eigenvalue weighted by Gasteiger charge is 2.50. The molecule has 0 aromatic heterocycles. The van der Waals surface area contributed by atoms with E-state index in [1.807, 2.05) is 24.3 Å². The molecule has 226 valence electrons. The van der Waals surface area contributed by atoms with Crippen molar-refractivity contribution in [3.05, 3.63) is 59.7 Å². The van der Waals surface area contributed by atoms with Gasteiger partial charge >= 0.3 is 0 Å². The van der Waals surface area contributed by atoms with Crippen LogP contribution in [-0.4, -0.2) is 77.2 Å². The maximum atomic E-state index is 13.9. The molecule has 2 unspecified atom stereocenters. The predicted octanol–water partition coefficient (Wildman–Crippen LogP) is 3.13. The molecule has 2 saturated heterocycles. The van der Waals surface area contributed by atoms with Crippen LogP contribution in [0.5, 0.6) is 11.5 Å². The number of sulfone groups is 1. The number of nitrogens with zero attached hydrogens (tertiary/aromatic N) is 2. The maximum Gasteiger partial charge on any atom is 0.281 e. The summed E-state index contributed by atoms with van der Waals surface area (Å²) < 4.78 is 65.6. The summed E-state index contributed by atoms with van der Waals surface area (Å²) in [6.45, 7) is 2.29. The summed E-state index contributed by atoms with van der Waals surface area (Å²) in [6.07, 6.45) is 2.16. The molecule has 0 radical (unpaired) electrons. The minimum absolute atomic E-state index is 0.0817. The van der Waals surface area contributed by atoms with Crippen molar-refractivity contribution in [1.82, 2.24) is 14.1 Å². The third kappa shape index (κ3) is 7.27. The van der Waals surface area contributed by atoms with Gasteiger partial charge in [0.05, 0.1) is 12.2 Å². The van der Waals surface area contributed by atoms with Crippen molar-refractivity contribution in [3.63, 3.8) is 0 Å². The lowest BCUT2D eigenvalue weighted by molar-refractivity contribution is -0.200. The minimum atomic E-state index is -4.02. The SMILES string of the molecule is CCc1ccc(Oc2ccc(C3(CC(=O)NOC4CCCCO4)CCN(S(=O)(=O)N(C)C)CCS3(=O)=O)cc2)cc1. The van der Waals surface area contributed by atoms with Gasteiger partial charge in [0.25, 0.3) is 10.2 Å². The van der Waals surface area contributed by atoms with Crippen molar-refractivity contribution in [2.24, 2.45) is 0 Å². The standard InChI is InChI=1S/C28H39N3O8S2/c1-4-22-8-12-24(13-9-22)38-25-14-10-23(11-15-25)28(21-26(32)29-39-27-7-5-6-19-37-27)16-17-31(18-20-40(28,33)34)41(35,36)30(2)3/h8-15,27H,4-7,16-21H2,1-3H3,(H,29,32). The van der Waals surface area contributed by atoms with E-state index in [1.54, 1.807) is 24.3 Å². The normalized spacial score (nSPS) is 23.6. The van der Waals surface area contributed by atoms with Crippen LogP contribution in [-0.2, 0) is 45.6 Å². The highest BCUT2D eigenvalue weighted by atomic mass is 32.2. The summed E-state index contributed by atoms with van der Waals surface area (Å²) in [5.74, 6) is 0.0566. The summed E-state index contributed by atoms with van der Waals surface area (Å²) in [7, 11) is -5.09. The molecule has 2 heterocycles. The van der Waals surface area contributed by atoms with Gasteiger partial charge in [0, 0.05) is 40.2 Å². The van der Waals surface area contributed by atoms with Gasteiger partial charge in [-0.2, -0.15) is 17.0 Å². The minimum Gasteiger partial charge on any atom is -0.457 e. The number of carbonyl (C=O) groups excluding carboxylic acids is 1. The Kier molecular flexibility index (Phi) is 10.1. The summed E-state index contributed by atoms with van der Waals surface area (Å²) in [5.41, 5.74) is 3.92. The van der Waals surface area contributed by atoms with E-state index in [0.717, 1.165) is 27.9 Å². The zero-order valence-corrected chi connectivity index (χ0v) is 25.4. The molecule has 4 rings (SSSR count). The van der Waals surface area contributed by atoms with E-state index in [0.29, 0.717) is 30.1 Å². The van der Waals surface area contributed by atoms with Gasteiger partial charge in [-0.1, -0.05) is 31.2 Å². The lowest BCUT2D eigenvalue weighted by Gasteiger charge is -2.32. The second kappa shape index (κ2) is 13.2. The highest BCUT2D eigenvalue weighted by molar-refractivity contribution is 7.92. The first-order valence-corrected chi connectivity index (χ1v) is 16.8. The van der Waals surface area contributed by atoms with Crippen molar-refractivity contribution >= 4 is 26.0 Å². The number of aryl methyl sites for hydroxylation is 1. The summed E-state index contributed by atoms with van der Waals surface area (Å²) in [4.78, 5) is 18.6. The van der Waals surface area contributed by atoms with Gasteiger partial charge in [-0.3, -0.25) is 4.79 Å². The topological polar surface area (TPSA) is 132 Å². The molecule has 2 aromatic carbocycles. The molecule has 2 fully saturated rings. The van der Waals surface area contributed by atoms with Crippen LogP contribution in [0.15, 0.2) is 48.5 Å². The number of nitrogens with one attached hydrogen (secondary N) is 1. The number of hydrogen-bond donors (Lipinski definition) is 1. The number of carbonyl (C=O) groups is 1. The van der Waals surface area contributed by atoms with Crippen LogP contribution in [0.1, 0.15) is 50.2 Å². The Balaban J connectivity index is 1.62.